The topological polar surface area (TPSA) is 78.9 Å². The van der Waals surface area contributed by atoms with Crippen LogP contribution in [0.25, 0.3) is 16.6 Å². The van der Waals surface area contributed by atoms with E-state index in [1.54, 1.807) is 25.4 Å². The fourth-order valence-electron chi connectivity index (χ4n) is 2.88. The maximum absolute atomic E-state index is 14.1. The van der Waals surface area contributed by atoms with Crippen LogP contribution in [0.4, 0.5) is 19.0 Å². The first kappa shape index (κ1) is 17.8. The molecule has 0 aliphatic heterocycles. The number of fused-ring (bicyclic) bond motifs is 1. The van der Waals surface area contributed by atoms with E-state index in [1.807, 2.05) is 0 Å². The fraction of sp³-hybridized carbons (Fsp3) is 0.105. The normalized spacial score (nSPS) is 12.3. The van der Waals surface area contributed by atoms with Crippen molar-refractivity contribution < 1.29 is 17.9 Å². The van der Waals surface area contributed by atoms with Gasteiger partial charge in [-0.25, -0.2) is 22.8 Å². The molecule has 9 heteroatoms. The van der Waals surface area contributed by atoms with Gasteiger partial charge in [0.25, 0.3) is 0 Å². The van der Waals surface area contributed by atoms with Gasteiger partial charge in [-0.15, -0.1) is 0 Å². The summed E-state index contributed by atoms with van der Waals surface area (Å²) in [6, 6.07) is 6.21. The predicted octanol–water partition coefficient (Wildman–Crippen LogP) is 3.96. The summed E-state index contributed by atoms with van der Waals surface area (Å²) >= 11 is 0. The number of benzene rings is 1. The zero-order chi connectivity index (χ0) is 19.8. The molecule has 2 N–H and O–H groups in total. The van der Waals surface area contributed by atoms with Crippen LogP contribution < -0.4 is 10.5 Å². The molecule has 4 aromatic rings. The van der Waals surface area contributed by atoms with Gasteiger partial charge in [0.2, 0.25) is 0 Å². The van der Waals surface area contributed by atoms with Gasteiger partial charge in [-0.1, -0.05) is 0 Å². The number of hydrogen-bond acceptors (Lipinski definition) is 5. The number of nitrogens with two attached hydrogens (primary N) is 1. The zero-order valence-electron chi connectivity index (χ0n) is 14.6. The number of pyridine rings is 2. The first-order valence-corrected chi connectivity index (χ1v) is 8.30. The minimum absolute atomic E-state index is 0.0574. The minimum atomic E-state index is -0.710. The maximum atomic E-state index is 14.1. The van der Waals surface area contributed by atoms with Crippen molar-refractivity contribution in [2.24, 2.45) is 0 Å². The Morgan fingerprint density at radius 1 is 1.14 bits per heavy atom. The maximum Gasteiger partial charge on any atom is 0.166 e. The van der Waals surface area contributed by atoms with Crippen molar-refractivity contribution in [3.8, 4) is 11.4 Å². The molecule has 0 aliphatic carbocycles. The van der Waals surface area contributed by atoms with E-state index in [-0.39, 0.29) is 22.5 Å². The Morgan fingerprint density at radius 3 is 2.68 bits per heavy atom. The molecule has 0 fully saturated rings. The van der Waals surface area contributed by atoms with Gasteiger partial charge in [0, 0.05) is 23.8 Å². The van der Waals surface area contributed by atoms with Gasteiger partial charge in [-0.3, -0.25) is 4.98 Å². The summed E-state index contributed by atoms with van der Waals surface area (Å²) in [5.41, 5.74) is 6.44. The first-order valence-electron chi connectivity index (χ1n) is 8.30. The Kier molecular flexibility index (Phi) is 4.34. The molecule has 0 unspecified atom stereocenters. The van der Waals surface area contributed by atoms with Crippen LogP contribution in [0.3, 0.4) is 0 Å². The van der Waals surface area contributed by atoms with Crippen molar-refractivity contribution >= 4 is 16.7 Å². The quantitative estimate of drug-likeness (QED) is 0.575. The van der Waals surface area contributed by atoms with E-state index in [4.69, 9.17) is 10.5 Å². The second kappa shape index (κ2) is 6.84. The summed E-state index contributed by atoms with van der Waals surface area (Å²) in [6.45, 7) is 1.67. The summed E-state index contributed by atoms with van der Waals surface area (Å²) in [4.78, 5) is 8.01. The highest BCUT2D eigenvalue weighted by Crippen LogP contribution is 2.32. The fourth-order valence-corrected chi connectivity index (χ4v) is 2.88. The van der Waals surface area contributed by atoms with E-state index < -0.39 is 23.6 Å². The number of nitrogens with zero attached hydrogens (tertiary/aromatic N) is 4. The van der Waals surface area contributed by atoms with Crippen LogP contribution in [0.1, 0.15) is 18.7 Å². The molecule has 0 radical (unpaired) electrons. The van der Waals surface area contributed by atoms with E-state index in [0.717, 1.165) is 18.3 Å². The van der Waals surface area contributed by atoms with Crippen LogP contribution in [0.2, 0.25) is 0 Å². The number of aromatic nitrogens is 4. The lowest BCUT2D eigenvalue weighted by Crippen LogP contribution is -2.12. The van der Waals surface area contributed by atoms with Crippen LogP contribution in [0.15, 0.2) is 48.9 Å². The third kappa shape index (κ3) is 3.11. The standard InChI is InChI=1S/C19H14F3N5O/c1-10(17-15(7-11(20)9-24-17)27-6-2-5-25-27)28-16-8-12-13(21)3-4-14(22)18(12)26-19(16)23/h2-10H,1H3,(H2,23,26)/t10-/m0/s1. The van der Waals surface area contributed by atoms with Gasteiger partial charge in [-0.05, 0) is 31.2 Å². The third-order valence-electron chi connectivity index (χ3n) is 4.18. The molecule has 0 aliphatic rings. The largest absolute Gasteiger partial charge is 0.480 e. The minimum Gasteiger partial charge on any atom is -0.480 e. The van der Waals surface area contributed by atoms with Crippen LogP contribution in [-0.2, 0) is 0 Å². The molecule has 0 spiro atoms. The predicted molar refractivity (Wildman–Crippen MR) is 96.4 cm³/mol. The summed E-state index contributed by atoms with van der Waals surface area (Å²) in [6.07, 6.45) is 3.52. The molecular weight excluding hydrogens is 371 g/mol. The second-order valence-corrected chi connectivity index (χ2v) is 6.07. The molecule has 3 heterocycles. The lowest BCUT2D eigenvalue weighted by Gasteiger charge is -2.18. The SMILES string of the molecule is C[C@H](Oc1cc2c(F)ccc(F)c2nc1N)c1ncc(F)cc1-n1cccn1. The molecule has 0 saturated carbocycles. The first-order chi connectivity index (χ1) is 13.4. The molecule has 6 nitrogen and oxygen atoms in total. The molecular formula is C19H14F3N5O. The number of halogens is 3. The Balaban J connectivity index is 1.75. The van der Waals surface area contributed by atoms with Crippen LogP contribution >= 0.6 is 0 Å². The van der Waals surface area contributed by atoms with Gasteiger partial charge in [-0.2, -0.15) is 5.10 Å². The Morgan fingerprint density at radius 2 is 1.93 bits per heavy atom. The van der Waals surface area contributed by atoms with Crippen molar-refractivity contribution in [3.05, 3.63) is 72.1 Å². The van der Waals surface area contributed by atoms with Gasteiger partial charge in [0.1, 0.15) is 34.8 Å². The van der Waals surface area contributed by atoms with Gasteiger partial charge in [0.15, 0.2) is 11.6 Å². The van der Waals surface area contributed by atoms with Crippen LogP contribution in [0.5, 0.6) is 5.75 Å². The van der Waals surface area contributed by atoms with Gasteiger partial charge < -0.3 is 10.5 Å². The monoisotopic (exact) mass is 385 g/mol. The molecule has 0 saturated heterocycles. The summed E-state index contributed by atoms with van der Waals surface area (Å²) in [7, 11) is 0. The lowest BCUT2D eigenvalue weighted by molar-refractivity contribution is 0.222. The van der Waals surface area contributed by atoms with Crippen molar-refractivity contribution in [3.63, 3.8) is 0 Å². The van der Waals surface area contributed by atoms with E-state index >= 15 is 0 Å². The molecule has 142 valence electrons. The number of anilines is 1. The Labute approximate surface area is 157 Å². The third-order valence-corrected chi connectivity index (χ3v) is 4.18. The van der Waals surface area contributed by atoms with Gasteiger partial charge >= 0.3 is 0 Å². The van der Waals surface area contributed by atoms with E-state index in [2.05, 4.69) is 15.1 Å². The Hall–Kier alpha value is -3.62. The second-order valence-electron chi connectivity index (χ2n) is 6.07. The highest BCUT2D eigenvalue weighted by atomic mass is 19.1. The average Bonchev–Trinajstić information content (AvgIpc) is 3.20. The summed E-state index contributed by atoms with van der Waals surface area (Å²) < 4.78 is 48.9. The van der Waals surface area contributed by atoms with E-state index in [1.165, 1.54) is 16.8 Å². The molecule has 4 rings (SSSR count). The van der Waals surface area contributed by atoms with Crippen molar-refractivity contribution in [1.82, 2.24) is 19.7 Å². The molecule has 3 aromatic heterocycles. The number of rotatable bonds is 4. The smallest absolute Gasteiger partial charge is 0.166 e. The van der Waals surface area contributed by atoms with Crippen LogP contribution in [0, 0.1) is 17.5 Å². The number of hydrogen-bond donors (Lipinski definition) is 1. The molecule has 28 heavy (non-hydrogen) atoms. The molecule has 1 aromatic carbocycles. The summed E-state index contributed by atoms with van der Waals surface area (Å²) in [5, 5.41) is 4.02. The highest BCUT2D eigenvalue weighted by molar-refractivity contribution is 5.83. The zero-order valence-corrected chi connectivity index (χ0v) is 14.6. The number of ether oxygens (including phenoxy) is 1. The molecule has 1 atom stereocenters. The molecule has 0 amide bonds. The lowest BCUT2D eigenvalue weighted by atomic mass is 10.1. The van der Waals surface area contributed by atoms with Crippen molar-refractivity contribution in [1.29, 1.82) is 0 Å². The van der Waals surface area contributed by atoms with Crippen LogP contribution in [-0.4, -0.2) is 19.7 Å². The van der Waals surface area contributed by atoms with E-state index in [0.29, 0.717) is 11.4 Å². The highest BCUT2D eigenvalue weighted by Gasteiger charge is 2.20. The van der Waals surface area contributed by atoms with Crippen molar-refractivity contribution in [2.75, 3.05) is 5.73 Å². The molecule has 0 bridgehead atoms. The average molecular weight is 385 g/mol. The van der Waals surface area contributed by atoms with Crippen molar-refractivity contribution in [2.45, 2.75) is 13.0 Å². The Bertz CT molecular complexity index is 1160. The number of nitrogen functional groups attached to an aromatic ring is 1. The summed E-state index contributed by atoms with van der Waals surface area (Å²) in [5.74, 6) is -1.93. The van der Waals surface area contributed by atoms with E-state index in [9.17, 15) is 13.2 Å². The van der Waals surface area contributed by atoms with Gasteiger partial charge in [0.05, 0.1) is 11.9 Å².